The molecule has 1 rings (SSSR count). The van der Waals surface area contributed by atoms with Gasteiger partial charge < -0.3 is 9.47 Å². The van der Waals surface area contributed by atoms with Crippen LogP contribution in [0.1, 0.15) is 40.0 Å². The molecule has 1 unspecified atom stereocenters. The molecule has 1 aliphatic heterocycles. The first kappa shape index (κ1) is 12.7. The van der Waals surface area contributed by atoms with Gasteiger partial charge in [-0.15, -0.1) is 0 Å². The van der Waals surface area contributed by atoms with Crippen molar-refractivity contribution < 1.29 is 14.3 Å². The predicted octanol–water partition coefficient (Wildman–Crippen LogP) is 2.19. The minimum atomic E-state index is -0.553. The molecule has 0 aromatic carbocycles. The lowest BCUT2D eigenvalue weighted by molar-refractivity contribution is -0.161. The molecule has 0 spiro atoms. The lowest BCUT2D eigenvalue weighted by atomic mass is 9.82. The molecule has 3 heteroatoms. The molecule has 1 saturated heterocycles. The van der Waals surface area contributed by atoms with Crippen LogP contribution in [-0.2, 0) is 14.3 Å². The number of ketones is 1. The fourth-order valence-electron chi connectivity index (χ4n) is 2.07. The highest BCUT2D eigenvalue weighted by Crippen LogP contribution is 2.29. The molecule has 0 saturated carbocycles. The maximum atomic E-state index is 12.3. The Bertz CT molecular complexity index is 201. The van der Waals surface area contributed by atoms with Crippen LogP contribution in [0.3, 0.4) is 0 Å². The second-order valence-electron chi connectivity index (χ2n) is 4.21. The molecular formula is C12H22O3. The molecule has 1 fully saturated rings. The van der Waals surface area contributed by atoms with Crippen LogP contribution in [0.15, 0.2) is 0 Å². The van der Waals surface area contributed by atoms with E-state index in [1.165, 1.54) is 0 Å². The van der Waals surface area contributed by atoms with Crippen molar-refractivity contribution in [2.45, 2.75) is 45.6 Å². The molecule has 1 aliphatic rings. The largest absolute Gasteiger partial charge is 0.381 e. The van der Waals surface area contributed by atoms with E-state index in [1.54, 1.807) is 0 Å². The molecule has 0 radical (unpaired) electrons. The molecule has 0 aliphatic carbocycles. The van der Waals surface area contributed by atoms with Gasteiger partial charge in [-0.1, -0.05) is 13.8 Å². The minimum absolute atomic E-state index is 0.0923. The predicted molar refractivity (Wildman–Crippen MR) is 58.9 cm³/mol. The van der Waals surface area contributed by atoms with Crippen LogP contribution in [0.5, 0.6) is 0 Å². The molecule has 15 heavy (non-hydrogen) atoms. The van der Waals surface area contributed by atoms with Gasteiger partial charge >= 0.3 is 0 Å². The van der Waals surface area contributed by atoms with Crippen LogP contribution in [0.4, 0.5) is 0 Å². The molecule has 0 bridgehead atoms. The van der Waals surface area contributed by atoms with E-state index in [4.69, 9.17) is 9.47 Å². The summed E-state index contributed by atoms with van der Waals surface area (Å²) in [5.41, 5.74) is -0.553. The average Bonchev–Trinajstić information content (AvgIpc) is 2.28. The molecule has 1 heterocycles. The lowest BCUT2D eigenvalue weighted by Crippen LogP contribution is -2.48. The standard InChI is InChI=1S/C12H22O3/c1-4-10(3)11(13)12(15-5-2)6-8-14-9-7-12/h10H,4-9H2,1-3H3. The molecule has 1 atom stereocenters. The first-order valence-electron chi connectivity index (χ1n) is 5.92. The third-order valence-electron chi connectivity index (χ3n) is 3.23. The van der Waals surface area contributed by atoms with Crippen LogP contribution in [0.25, 0.3) is 0 Å². The first-order chi connectivity index (χ1) is 7.16. The van der Waals surface area contributed by atoms with Gasteiger partial charge in [0.15, 0.2) is 5.78 Å². The number of carbonyl (C=O) groups is 1. The van der Waals surface area contributed by atoms with Crippen molar-refractivity contribution in [2.24, 2.45) is 5.92 Å². The summed E-state index contributed by atoms with van der Waals surface area (Å²) in [6.45, 7) is 7.85. The highest BCUT2D eigenvalue weighted by Gasteiger charge is 2.42. The number of rotatable bonds is 5. The SMILES string of the molecule is CCOC1(C(=O)C(C)CC)CCOCC1. The monoisotopic (exact) mass is 214 g/mol. The van der Waals surface area contributed by atoms with Crippen molar-refractivity contribution in [3.63, 3.8) is 0 Å². The van der Waals surface area contributed by atoms with Crippen molar-refractivity contribution >= 4 is 5.78 Å². The summed E-state index contributed by atoms with van der Waals surface area (Å²) in [5, 5.41) is 0. The van der Waals surface area contributed by atoms with Crippen molar-refractivity contribution in [1.82, 2.24) is 0 Å². The van der Waals surface area contributed by atoms with Crippen LogP contribution in [0.2, 0.25) is 0 Å². The summed E-state index contributed by atoms with van der Waals surface area (Å²) in [7, 11) is 0. The van der Waals surface area contributed by atoms with Crippen LogP contribution in [-0.4, -0.2) is 31.2 Å². The second-order valence-corrected chi connectivity index (χ2v) is 4.21. The van der Waals surface area contributed by atoms with Gasteiger partial charge in [0.25, 0.3) is 0 Å². The Morgan fingerprint density at radius 3 is 2.47 bits per heavy atom. The van der Waals surface area contributed by atoms with E-state index in [1.807, 2.05) is 20.8 Å². The Morgan fingerprint density at radius 1 is 1.40 bits per heavy atom. The zero-order valence-corrected chi connectivity index (χ0v) is 10.0. The average molecular weight is 214 g/mol. The molecular weight excluding hydrogens is 192 g/mol. The fraction of sp³-hybridized carbons (Fsp3) is 0.917. The van der Waals surface area contributed by atoms with E-state index in [2.05, 4.69) is 0 Å². The van der Waals surface area contributed by atoms with Gasteiger partial charge in [-0.25, -0.2) is 0 Å². The van der Waals surface area contributed by atoms with Crippen molar-refractivity contribution in [2.75, 3.05) is 19.8 Å². The van der Waals surface area contributed by atoms with Crippen molar-refractivity contribution in [1.29, 1.82) is 0 Å². The van der Waals surface area contributed by atoms with Crippen LogP contribution in [0, 0.1) is 5.92 Å². The number of hydrogen-bond acceptors (Lipinski definition) is 3. The summed E-state index contributed by atoms with van der Waals surface area (Å²) >= 11 is 0. The van der Waals surface area contributed by atoms with Gasteiger partial charge in [-0.3, -0.25) is 4.79 Å². The topological polar surface area (TPSA) is 35.5 Å². The van der Waals surface area contributed by atoms with Gasteiger partial charge in [-0.2, -0.15) is 0 Å². The third-order valence-corrected chi connectivity index (χ3v) is 3.23. The summed E-state index contributed by atoms with van der Waals surface area (Å²) in [5.74, 6) is 0.352. The van der Waals surface area contributed by atoms with Gasteiger partial charge in [-0.05, 0) is 13.3 Å². The molecule has 0 aromatic heterocycles. The molecule has 0 aromatic rings. The second kappa shape index (κ2) is 5.61. The summed E-state index contributed by atoms with van der Waals surface area (Å²) in [4.78, 5) is 12.3. The normalized spacial score (nSPS) is 22.3. The number of carbonyl (C=O) groups excluding carboxylic acids is 1. The minimum Gasteiger partial charge on any atom is -0.381 e. The lowest BCUT2D eigenvalue weighted by Gasteiger charge is -2.37. The van der Waals surface area contributed by atoms with E-state index in [0.29, 0.717) is 32.7 Å². The van der Waals surface area contributed by atoms with Gasteiger partial charge in [0.1, 0.15) is 5.60 Å². The highest BCUT2D eigenvalue weighted by atomic mass is 16.5. The zero-order valence-electron chi connectivity index (χ0n) is 10.0. The van der Waals surface area contributed by atoms with Crippen molar-refractivity contribution in [3.8, 4) is 0 Å². The Labute approximate surface area is 92.1 Å². The molecule has 0 N–H and O–H groups in total. The van der Waals surface area contributed by atoms with Gasteiger partial charge in [0, 0.05) is 38.6 Å². The Morgan fingerprint density at radius 2 is 2.00 bits per heavy atom. The van der Waals surface area contributed by atoms with E-state index in [0.717, 1.165) is 6.42 Å². The number of Topliss-reactive ketones (excluding diaryl/α,β-unsaturated/α-hetero) is 1. The smallest absolute Gasteiger partial charge is 0.167 e. The maximum absolute atomic E-state index is 12.3. The highest BCUT2D eigenvalue weighted by molar-refractivity contribution is 5.89. The molecule has 0 amide bonds. The molecule has 3 nitrogen and oxygen atoms in total. The summed E-state index contributed by atoms with van der Waals surface area (Å²) in [6, 6.07) is 0. The maximum Gasteiger partial charge on any atom is 0.167 e. The van der Waals surface area contributed by atoms with E-state index in [-0.39, 0.29) is 11.7 Å². The van der Waals surface area contributed by atoms with Crippen LogP contribution >= 0.6 is 0 Å². The Kier molecular flexibility index (Phi) is 4.74. The fourth-order valence-corrected chi connectivity index (χ4v) is 2.07. The summed E-state index contributed by atoms with van der Waals surface area (Å²) < 4.78 is 11.0. The number of ether oxygens (including phenoxy) is 2. The third kappa shape index (κ3) is 2.79. The van der Waals surface area contributed by atoms with E-state index >= 15 is 0 Å². The molecule has 88 valence electrons. The zero-order chi connectivity index (χ0) is 11.3. The Hall–Kier alpha value is -0.410. The van der Waals surface area contributed by atoms with Gasteiger partial charge in [0.2, 0.25) is 0 Å². The first-order valence-corrected chi connectivity index (χ1v) is 5.92. The van der Waals surface area contributed by atoms with E-state index in [9.17, 15) is 4.79 Å². The van der Waals surface area contributed by atoms with Gasteiger partial charge in [0.05, 0.1) is 0 Å². The summed E-state index contributed by atoms with van der Waals surface area (Å²) in [6.07, 6.45) is 2.31. The quantitative estimate of drug-likeness (QED) is 0.703. The van der Waals surface area contributed by atoms with Crippen molar-refractivity contribution in [3.05, 3.63) is 0 Å². The Balaban J connectivity index is 2.74. The number of hydrogen-bond donors (Lipinski definition) is 0. The van der Waals surface area contributed by atoms with E-state index < -0.39 is 5.60 Å². The van der Waals surface area contributed by atoms with Crippen LogP contribution < -0.4 is 0 Å².